The summed E-state index contributed by atoms with van der Waals surface area (Å²) < 4.78 is 0. The van der Waals surface area contributed by atoms with E-state index in [0.29, 0.717) is 0 Å². The van der Waals surface area contributed by atoms with Gasteiger partial charge >= 0.3 is 0 Å². The van der Waals surface area contributed by atoms with Crippen molar-refractivity contribution in [1.82, 2.24) is 10.3 Å². The maximum Gasteiger partial charge on any atom is 0.0943 e. The lowest BCUT2D eigenvalue weighted by molar-refractivity contribution is 0.126. The van der Waals surface area contributed by atoms with Crippen molar-refractivity contribution in [3.63, 3.8) is 0 Å². The second-order valence-electron chi connectivity index (χ2n) is 5.76. The number of hydrogen-bond donors (Lipinski definition) is 2. The third-order valence-corrected chi connectivity index (χ3v) is 4.17. The van der Waals surface area contributed by atoms with E-state index >= 15 is 0 Å². The number of pyridine rings is 1. The summed E-state index contributed by atoms with van der Waals surface area (Å²) in [5.41, 5.74) is 3.01. The van der Waals surface area contributed by atoms with E-state index in [1.165, 1.54) is 19.3 Å². The van der Waals surface area contributed by atoms with Crippen molar-refractivity contribution < 1.29 is 5.11 Å². The molecule has 3 heteroatoms. The Morgan fingerprint density at radius 2 is 2.10 bits per heavy atom. The van der Waals surface area contributed by atoms with Crippen molar-refractivity contribution in [1.29, 1.82) is 0 Å². The molecule has 1 aromatic carbocycles. The minimum absolute atomic E-state index is 0.174. The molecule has 20 heavy (non-hydrogen) atoms. The highest BCUT2D eigenvalue weighted by atomic mass is 16.3. The van der Waals surface area contributed by atoms with Crippen LogP contribution in [0.2, 0.25) is 0 Å². The summed E-state index contributed by atoms with van der Waals surface area (Å²) in [6.45, 7) is 3.01. The summed E-state index contributed by atoms with van der Waals surface area (Å²) in [7, 11) is 0. The van der Waals surface area contributed by atoms with Crippen molar-refractivity contribution >= 4 is 10.9 Å². The van der Waals surface area contributed by atoms with E-state index in [9.17, 15) is 5.11 Å². The van der Waals surface area contributed by atoms with E-state index in [0.717, 1.165) is 35.1 Å². The van der Waals surface area contributed by atoms with E-state index in [4.69, 9.17) is 0 Å². The Kier molecular flexibility index (Phi) is 3.99. The van der Waals surface area contributed by atoms with Gasteiger partial charge in [0.15, 0.2) is 0 Å². The zero-order valence-corrected chi connectivity index (χ0v) is 12.0. The molecule has 0 amide bonds. The number of aromatic nitrogens is 1. The van der Waals surface area contributed by atoms with Gasteiger partial charge in [-0.15, -0.1) is 0 Å². The Hall–Kier alpha value is -1.45. The van der Waals surface area contributed by atoms with Crippen molar-refractivity contribution in [2.45, 2.75) is 44.8 Å². The average Bonchev–Trinajstić information content (AvgIpc) is 2.75. The first-order valence-corrected chi connectivity index (χ1v) is 7.53. The van der Waals surface area contributed by atoms with Crippen LogP contribution in [0.4, 0.5) is 0 Å². The lowest BCUT2D eigenvalue weighted by atomic mass is 9.97. The molecule has 2 heterocycles. The molecule has 1 saturated heterocycles. The summed E-state index contributed by atoms with van der Waals surface area (Å²) in [5, 5.41) is 15.2. The number of aliphatic hydroxyl groups is 1. The molecule has 1 aliphatic rings. The van der Waals surface area contributed by atoms with Crippen LogP contribution in [0, 0.1) is 6.92 Å². The smallest absolute Gasteiger partial charge is 0.0943 e. The Morgan fingerprint density at radius 1 is 1.20 bits per heavy atom. The van der Waals surface area contributed by atoms with Crippen LogP contribution < -0.4 is 5.32 Å². The molecule has 0 bridgehead atoms. The zero-order chi connectivity index (χ0) is 13.9. The quantitative estimate of drug-likeness (QED) is 0.881. The van der Waals surface area contributed by atoms with Gasteiger partial charge in [-0.05, 0) is 50.1 Å². The van der Waals surface area contributed by atoms with Crippen molar-refractivity contribution in [3.05, 3.63) is 41.6 Å². The molecule has 2 N–H and O–H groups in total. The van der Waals surface area contributed by atoms with Gasteiger partial charge in [0.2, 0.25) is 0 Å². The van der Waals surface area contributed by atoms with E-state index in [-0.39, 0.29) is 6.04 Å². The second-order valence-corrected chi connectivity index (χ2v) is 5.76. The number of fused-ring (bicyclic) bond motifs is 1. The van der Waals surface area contributed by atoms with Crippen molar-refractivity contribution in [2.75, 3.05) is 6.54 Å². The predicted octanol–water partition coefficient (Wildman–Crippen LogP) is 3.11. The minimum atomic E-state index is -0.432. The Morgan fingerprint density at radius 3 is 3.00 bits per heavy atom. The van der Waals surface area contributed by atoms with Gasteiger partial charge in [0.05, 0.1) is 11.6 Å². The highest BCUT2D eigenvalue weighted by Crippen LogP contribution is 2.25. The fourth-order valence-electron chi connectivity index (χ4n) is 2.99. The zero-order valence-electron chi connectivity index (χ0n) is 12.0. The molecule has 3 rings (SSSR count). The molecule has 1 aliphatic heterocycles. The molecule has 3 nitrogen and oxygen atoms in total. The maximum atomic E-state index is 10.6. The third-order valence-electron chi connectivity index (χ3n) is 4.17. The van der Waals surface area contributed by atoms with Crippen LogP contribution in [0.25, 0.3) is 10.9 Å². The number of nitrogens with one attached hydrogen (secondary N) is 1. The first-order valence-electron chi connectivity index (χ1n) is 7.53. The Balaban J connectivity index is 1.86. The minimum Gasteiger partial charge on any atom is -0.387 e. The molecular formula is C17H22N2O. The van der Waals surface area contributed by atoms with Crippen molar-refractivity contribution in [3.8, 4) is 0 Å². The normalized spacial score (nSPS) is 21.6. The molecular weight excluding hydrogens is 248 g/mol. The molecule has 2 unspecified atom stereocenters. The van der Waals surface area contributed by atoms with Crippen LogP contribution in [-0.2, 0) is 0 Å². The maximum absolute atomic E-state index is 10.6. The Bertz CT molecular complexity index is 589. The SMILES string of the molecule is Cc1ccc2cc(C(O)C3CCCCCN3)ccc2n1. The molecule has 0 saturated carbocycles. The third kappa shape index (κ3) is 2.84. The molecule has 1 aromatic heterocycles. The molecule has 0 radical (unpaired) electrons. The highest BCUT2D eigenvalue weighted by molar-refractivity contribution is 5.79. The van der Waals surface area contributed by atoms with Gasteiger partial charge in [0, 0.05) is 17.1 Å². The lowest BCUT2D eigenvalue weighted by Crippen LogP contribution is -2.34. The highest BCUT2D eigenvalue weighted by Gasteiger charge is 2.21. The predicted molar refractivity (Wildman–Crippen MR) is 81.7 cm³/mol. The van der Waals surface area contributed by atoms with Crippen LogP contribution >= 0.6 is 0 Å². The van der Waals surface area contributed by atoms with Gasteiger partial charge in [0.25, 0.3) is 0 Å². The van der Waals surface area contributed by atoms with Crippen LogP contribution in [0.15, 0.2) is 30.3 Å². The molecule has 106 valence electrons. The molecule has 0 spiro atoms. The average molecular weight is 270 g/mol. The number of aryl methyl sites for hydroxylation is 1. The number of rotatable bonds is 2. The van der Waals surface area contributed by atoms with Crippen LogP contribution in [-0.4, -0.2) is 22.7 Å². The van der Waals surface area contributed by atoms with E-state index in [1.807, 2.05) is 25.1 Å². The molecule has 2 aromatic rings. The summed E-state index contributed by atoms with van der Waals surface area (Å²) >= 11 is 0. The molecule has 2 atom stereocenters. The van der Waals surface area contributed by atoms with Crippen LogP contribution in [0.1, 0.15) is 43.0 Å². The first-order chi connectivity index (χ1) is 9.74. The second kappa shape index (κ2) is 5.90. The topological polar surface area (TPSA) is 45.1 Å². The summed E-state index contributed by atoms with van der Waals surface area (Å²) in [5.74, 6) is 0. The van der Waals surface area contributed by atoms with E-state index in [1.54, 1.807) is 0 Å². The van der Waals surface area contributed by atoms with Gasteiger partial charge in [-0.3, -0.25) is 4.98 Å². The summed E-state index contributed by atoms with van der Waals surface area (Å²) in [4.78, 5) is 4.51. The molecule has 0 aliphatic carbocycles. The summed E-state index contributed by atoms with van der Waals surface area (Å²) in [6, 6.07) is 10.4. The van der Waals surface area contributed by atoms with Gasteiger partial charge in [-0.1, -0.05) is 25.0 Å². The summed E-state index contributed by atoms with van der Waals surface area (Å²) in [6.07, 6.45) is 4.29. The largest absolute Gasteiger partial charge is 0.387 e. The number of nitrogens with zero attached hydrogens (tertiary/aromatic N) is 1. The number of aliphatic hydroxyl groups excluding tert-OH is 1. The van der Waals surface area contributed by atoms with E-state index in [2.05, 4.69) is 22.4 Å². The van der Waals surface area contributed by atoms with Gasteiger partial charge < -0.3 is 10.4 Å². The number of benzene rings is 1. The number of hydrogen-bond acceptors (Lipinski definition) is 3. The first kappa shape index (κ1) is 13.5. The van der Waals surface area contributed by atoms with Gasteiger partial charge in [-0.25, -0.2) is 0 Å². The molecule has 1 fully saturated rings. The standard InChI is InChI=1S/C17H22N2O/c1-12-6-7-13-11-14(8-9-15(13)19-12)17(20)16-5-3-2-4-10-18-16/h6-9,11,16-18,20H,2-5,10H2,1H3. The van der Waals surface area contributed by atoms with Crippen molar-refractivity contribution in [2.24, 2.45) is 0 Å². The van der Waals surface area contributed by atoms with Gasteiger partial charge in [-0.2, -0.15) is 0 Å². The fraction of sp³-hybridized carbons (Fsp3) is 0.471. The fourth-order valence-corrected chi connectivity index (χ4v) is 2.99. The van der Waals surface area contributed by atoms with Crippen LogP contribution in [0.5, 0.6) is 0 Å². The monoisotopic (exact) mass is 270 g/mol. The van der Waals surface area contributed by atoms with E-state index < -0.39 is 6.10 Å². The lowest BCUT2D eigenvalue weighted by Gasteiger charge is -2.23. The van der Waals surface area contributed by atoms with Crippen LogP contribution in [0.3, 0.4) is 0 Å². The Labute approximate surface area is 120 Å². The van der Waals surface area contributed by atoms with Gasteiger partial charge in [0.1, 0.15) is 0 Å².